The standard InChI is InChI=1S/C35H34N4O6S/c1-3-4-22-45-30-18-12-27(13-19-30)36-33(40)24(2)46-31-20-14-28(15-21-31)37-35(42)32(38-34(41)26-8-6-5-7-9-26)23-25-10-16-29(17-11-25)39(43)44/h5-21,23-24H,3-4,22H2,1-2H3,(H,36,40)(H,37,42)(H,38,41)/b32-23-. The molecule has 0 aliphatic carbocycles. The van der Waals surface area contributed by atoms with E-state index in [4.69, 9.17) is 4.74 Å². The lowest BCUT2D eigenvalue weighted by molar-refractivity contribution is -0.384. The first-order valence-electron chi connectivity index (χ1n) is 14.7. The second-order valence-electron chi connectivity index (χ2n) is 10.2. The Morgan fingerprint density at radius 1 is 0.870 bits per heavy atom. The van der Waals surface area contributed by atoms with E-state index in [9.17, 15) is 24.5 Å². The summed E-state index contributed by atoms with van der Waals surface area (Å²) in [7, 11) is 0. The first kappa shape index (κ1) is 33.5. The maximum absolute atomic E-state index is 13.3. The molecule has 0 aliphatic heterocycles. The second kappa shape index (κ2) is 16.6. The Labute approximate surface area is 271 Å². The topological polar surface area (TPSA) is 140 Å². The second-order valence-corrected chi connectivity index (χ2v) is 11.6. The highest BCUT2D eigenvalue weighted by atomic mass is 32.2. The highest BCUT2D eigenvalue weighted by Gasteiger charge is 2.17. The zero-order chi connectivity index (χ0) is 32.9. The molecule has 0 heterocycles. The Balaban J connectivity index is 1.38. The van der Waals surface area contributed by atoms with Crippen LogP contribution in [0.1, 0.15) is 42.6 Å². The lowest BCUT2D eigenvalue weighted by Crippen LogP contribution is -2.30. The molecule has 0 saturated carbocycles. The molecule has 0 radical (unpaired) electrons. The molecule has 11 heteroatoms. The number of non-ortho nitro benzene ring substituents is 1. The minimum Gasteiger partial charge on any atom is -0.494 e. The highest BCUT2D eigenvalue weighted by molar-refractivity contribution is 8.00. The molecule has 10 nitrogen and oxygen atoms in total. The largest absolute Gasteiger partial charge is 0.494 e. The van der Waals surface area contributed by atoms with Crippen molar-refractivity contribution in [1.82, 2.24) is 5.32 Å². The summed E-state index contributed by atoms with van der Waals surface area (Å²) < 4.78 is 5.67. The Morgan fingerprint density at radius 3 is 2.13 bits per heavy atom. The number of ether oxygens (including phenoxy) is 1. The zero-order valence-electron chi connectivity index (χ0n) is 25.4. The number of benzene rings is 4. The van der Waals surface area contributed by atoms with Gasteiger partial charge >= 0.3 is 0 Å². The van der Waals surface area contributed by atoms with E-state index in [2.05, 4.69) is 22.9 Å². The molecule has 0 fully saturated rings. The number of nitro benzene ring substituents is 1. The number of anilines is 2. The van der Waals surface area contributed by atoms with Gasteiger partial charge in [-0.25, -0.2) is 0 Å². The van der Waals surface area contributed by atoms with Crippen LogP contribution in [-0.4, -0.2) is 34.5 Å². The molecule has 4 rings (SSSR count). The first-order valence-corrected chi connectivity index (χ1v) is 15.5. The maximum atomic E-state index is 13.3. The van der Waals surface area contributed by atoms with Crippen LogP contribution in [0.4, 0.5) is 17.1 Å². The Morgan fingerprint density at radius 2 is 1.50 bits per heavy atom. The van der Waals surface area contributed by atoms with Crippen LogP contribution >= 0.6 is 11.8 Å². The van der Waals surface area contributed by atoms with Crippen LogP contribution in [0.5, 0.6) is 5.75 Å². The van der Waals surface area contributed by atoms with E-state index in [0.717, 1.165) is 23.5 Å². The molecule has 0 saturated heterocycles. The van der Waals surface area contributed by atoms with Crippen molar-refractivity contribution in [3.8, 4) is 5.75 Å². The van der Waals surface area contributed by atoms with Crippen molar-refractivity contribution in [2.24, 2.45) is 0 Å². The molecule has 0 bridgehead atoms. The van der Waals surface area contributed by atoms with Gasteiger partial charge < -0.3 is 20.7 Å². The van der Waals surface area contributed by atoms with Gasteiger partial charge in [0.05, 0.1) is 16.8 Å². The van der Waals surface area contributed by atoms with Crippen molar-refractivity contribution in [1.29, 1.82) is 0 Å². The average Bonchev–Trinajstić information content (AvgIpc) is 3.06. The van der Waals surface area contributed by atoms with Crippen molar-refractivity contribution in [2.45, 2.75) is 36.8 Å². The SMILES string of the molecule is CCCCOc1ccc(NC(=O)C(C)Sc2ccc(NC(=O)/C(=C/c3ccc([N+](=O)[O-])cc3)NC(=O)c3ccccc3)cc2)cc1. The molecule has 4 aromatic carbocycles. The average molecular weight is 639 g/mol. The number of carbonyl (C=O) groups is 3. The summed E-state index contributed by atoms with van der Waals surface area (Å²) in [6.07, 6.45) is 3.48. The summed E-state index contributed by atoms with van der Waals surface area (Å²) in [5.74, 6) is -0.470. The van der Waals surface area contributed by atoms with Crippen LogP contribution in [0.15, 0.2) is 114 Å². The molecule has 4 aromatic rings. The number of unbranched alkanes of at least 4 members (excludes halogenated alkanes) is 1. The molecule has 236 valence electrons. The van der Waals surface area contributed by atoms with Crippen LogP contribution in [0.3, 0.4) is 0 Å². The fourth-order valence-electron chi connectivity index (χ4n) is 4.09. The predicted octanol–water partition coefficient (Wildman–Crippen LogP) is 7.30. The molecule has 0 spiro atoms. The van der Waals surface area contributed by atoms with Gasteiger partial charge in [0.15, 0.2) is 0 Å². The summed E-state index contributed by atoms with van der Waals surface area (Å²) in [5.41, 5.74) is 1.85. The molecule has 46 heavy (non-hydrogen) atoms. The molecular formula is C35H34N4O6S. The number of nitrogens with zero attached hydrogens (tertiary/aromatic N) is 1. The van der Waals surface area contributed by atoms with E-state index in [1.807, 2.05) is 19.1 Å². The molecule has 3 amide bonds. The molecule has 1 atom stereocenters. The summed E-state index contributed by atoms with van der Waals surface area (Å²) in [6, 6.07) is 28.3. The van der Waals surface area contributed by atoms with Gasteiger partial charge in [-0.05, 0) is 97.8 Å². The van der Waals surface area contributed by atoms with E-state index < -0.39 is 22.0 Å². The fourth-order valence-corrected chi connectivity index (χ4v) is 4.95. The van der Waals surface area contributed by atoms with Gasteiger partial charge in [0.1, 0.15) is 11.4 Å². The highest BCUT2D eigenvalue weighted by Crippen LogP contribution is 2.26. The van der Waals surface area contributed by atoms with Crippen LogP contribution in [-0.2, 0) is 9.59 Å². The molecule has 3 N–H and O–H groups in total. The van der Waals surface area contributed by atoms with Gasteiger partial charge in [-0.2, -0.15) is 0 Å². The lowest BCUT2D eigenvalue weighted by atomic mass is 10.1. The van der Waals surface area contributed by atoms with Crippen LogP contribution in [0, 0.1) is 10.1 Å². The molecular weight excluding hydrogens is 604 g/mol. The van der Waals surface area contributed by atoms with Gasteiger partial charge in [0.25, 0.3) is 17.5 Å². The fraction of sp³-hybridized carbons (Fsp3) is 0.171. The third-order valence-corrected chi connectivity index (χ3v) is 7.74. The zero-order valence-corrected chi connectivity index (χ0v) is 26.2. The van der Waals surface area contributed by atoms with E-state index in [1.54, 1.807) is 66.7 Å². The van der Waals surface area contributed by atoms with E-state index in [0.29, 0.717) is 29.1 Å². The van der Waals surface area contributed by atoms with E-state index >= 15 is 0 Å². The minimum atomic E-state index is -0.586. The number of carbonyl (C=O) groups excluding carboxylic acids is 3. The Bertz CT molecular complexity index is 1680. The number of hydrogen-bond acceptors (Lipinski definition) is 7. The van der Waals surface area contributed by atoms with Gasteiger partial charge in [-0.15, -0.1) is 11.8 Å². The van der Waals surface area contributed by atoms with Crippen molar-refractivity contribution in [3.63, 3.8) is 0 Å². The van der Waals surface area contributed by atoms with Crippen molar-refractivity contribution in [3.05, 3.63) is 130 Å². The summed E-state index contributed by atoms with van der Waals surface area (Å²) >= 11 is 1.37. The van der Waals surface area contributed by atoms with Crippen LogP contribution in [0.25, 0.3) is 6.08 Å². The van der Waals surface area contributed by atoms with Gasteiger partial charge in [-0.1, -0.05) is 31.5 Å². The minimum absolute atomic E-state index is 0.0491. The van der Waals surface area contributed by atoms with Gasteiger partial charge in [-0.3, -0.25) is 24.5 Å². The summed E-state index contributed by atoms with van der Waals surface area (Å²) in [5, 5.41) is 19.0. The third-order valence-electron chi connectivity index (χ3n) is 6.63. The smallest absolute Gasteiger partial charge is 0.272 e. The number of amides is 3. The van der Waals surface area contributed by atoms with E-state index in [-0.39, 0.29) is 17.3 Å². The van der Waals surface area contributed by atoms with Crippen LogP contribution < -0.4 is 20.7 Å². The lowest BCUT2D eigenvalue weighted by Gasteiger charge is -2.14. The molecule has 1 unspecified atom stereocenters. The van der Waals surface area contributed by atoms with Gasteiger partial charge in [0, 0.05) is 34.0 Å². The quantitative estimate of drug-likeness (QED) is 0.0433. The Hall–Kier alpha value is -5.42. The Kier molecular flexibility index (Phi) is 12.1. The predicted molar refractivity (Wildman–Crippen MR) is 181 cm³/mol. The molecule has 0 aliphatic rings. The number of hydrogen-bond donors (Lipinski definition) is 3. The summed E-state index contributed by atoms with van der Waals surface area (Å²) in [6.45, 7) is 4.57. The van der Waals surface area contributed by atoms with Crippen molar-refractivity contribution < 1.29 is 24.0 Å². The van der Waals surface area contributed by atoms with Gasteiger partial charge in [0.2, 0.25) is 5.91 Å². The maximum Gasteiger partial charge on any atom is 0.272 e. The molecule has 0 aromatic heterocycles. The third kappa shape index (κ3) is 10.1. The van der Waals surface area contributed by atoms with E-state index in [1.165, 1.54) is 42.1 Å². The number of nitro groups is 1. The summed E-state index contributed by atoms with van der Waals surface area (Å²) in [4.78, 5) is 50.3. The number of nitrogens with one attached hydrogen (secondary N) is 3. The van der Waals surface area contributed by atoms with Crippen LogP contribution in [0.2, 0.25) is 0 Å². The number of thioether (sulfide) groups is 1. The van der Waals surface area contributed by atoms with Crippen molar-refractivity contribution in [2.75, 3.05) is 17.2 Å². The normalized spacial score (nSPS) is 11.7. The number of rotatable bonds is 14. The first-order chi connectivity index (χ1) is 22.2. The monoisotopic (exact) mass is 638 g/mol. The van der Waals surface area contributed by atoms with Crippen molar-refractivity contribution >= 4 is 52.6 Å².